The van der Waals surface area contributed by atoms with Crippen molar-refractivity contribution in [1.29, 1.82) is 5.26 Å². The number of ether oxygens (including phenoxy) is 3. The largest absolute Gasteiger partial charge is 0.469 e. The van der Waals surface area contributed by atoms with Crippen LogP contribution in [0.5, 0.6) is 6.01 Å². The number of methoxy groups -OCH3 is 1. The Hall–Kier alpha value is -4.48. The number of aromatic amines is 1. The number of aromatic nitrogens is 4. The van der Waals surface area contributed by atoms with Crippen molar-refractivity contribution in [2.45, 2.75) is 71.1 Å². The van der Waals surface area contributed by atoms with Crippen LogP contribution in [-0.2, 0) is 38.6 Å². The molecule has 46 heavy (non-hydrogen) atoms. The number of hydrogen-bond acceptors (Lipinski definition) is 11. The van der Waals surface area contributed by atoms with E-state index in [4.69, 9.17) is 19.9 Å². The zero-order valence-corrected chi connectivity index (χ0v) is 26.7. The lowest BCUT2D eigenvalue weighted by molar-refractivity contribution is -0.139. The average molecular weight is 637 g/mol. The summed E-state index contributed by atoms with van der Waals surface area (Å²) in [6, 6.07) is 9.77. The third kappa shape index (κ3) is 9.76. The van der Waals surface area contributed by atoms with Crippen molar-refractivity contribution < 1.29 is 23.8 Å². The Balaban J connectivity index is 1.50. The van der Waals surface area contributed by atoms with E-state index in [9.17, 15) is 19.6 Å². The molecule has 0 bridgehead atoms. The number of H-pyrrole nitrogens is 1. The van der Waals surface area contributed by atoms with Crippen LogP contribution in [-0.4, -0.2) is 93.8 Å². The van der Waals surface area contributed by atoms with Crippen LogP contribution in [0.1, 0.15) is 56.6 Å². The maximum absolute atomic E-state index is 13.8. The van der Waals surface area contributed by atoms with E-state index in [-0.39, 0.29) is 55.0 Å². The van der Waals surface area contributed by atoms with Crippen LogP contribution in [0.3, 0.4) is 0 Å². The number of carbonyl (C=O) groups is 2. The number of nitriles is 1. The first-order chi connectivity index (χ1) is 22.3. The Labute approximate surface area is 268 Å². The highest BCUT2D eigenvalue weighted by Crippen LogP contribution is 2.19. The van der Waals surface area contributed by atoms with Gasteiger partial charge in [-0.25, -0.2) is 4.79 Å². The second kappa shape index (κ2) is 17.3. The van der Waals surface area contributed by atoms with E-state index < -0.39 is 0 Å². The number of amides is 1. The molecule has 0 saturated carbocycles. The normalized spacial score (nSPS) is 14.4. The zero-order chi connectivity index (χ0) is 32.9. The number of hydrogen-bond donors (Lipinski definition) is 2. The number of carbonyl (C=O) groups excluding carboxylic acids is 2. The predicted octanol–water partition coefficient (Wildman–Crippen LogP) is 2.41. The fraction of sp³-hybridized carbons (Fsp3) is 0.562. The third-order valence-corrected chi connectivity index (χ3v) is 7.88. The van der Waals surface area contributed by atoms with Crippen LogP contribution in [0.25, 0.3) is 11.2 Å². The monoisotopic (exact) mass is 636 g/mol. The second-order valence-electron chi connectivity index (χ2n) is 11.4. The number of aryl methyl sites for hydroxylation is 1. The molecule has 1 aromatic carbocycles. The molecule has 1 fully saturated rings. The van der Waals surface area contributed by atoms with Crippen LogP contribution in [0.15, 0.2) is 29.1 Å². The van der Waals surface area contributed by atoms with Crippen LogP contribution < -0.4 is 16.2 Å². The molecular weight excluding hydrogens is 592 g/mol. The van der Waals surface area contributed by atoms with E-state index in [1.54, 1.807) is 4.90 Å². The molecule has 3 aromatic rings. The fourth-order valence-corrected chi connectivity index (χ4v) is 5.35. The van der Waals surface area contributed by atoms with Gasteiger partial charge in [-0.15, -0.1) is 0 Å². The maximum Gasteiger partial charge on any atom is 0.327 e. The van der Waals surface area contributed by atoms with Gasteiger partial charge in [-0.2, -0.15) is 15.2 Å². The predicted molar refractivity (Wildman–Crippen MR) is 171 cm³/mol. The number of imidazole rings is 1. The number of rotatable bonds is 18. The molecule has 1 aliphatic heterocycles. The van der Waals surface area contributed by atoms with Gasteiger partial charge < -0.3 is 29.8 Å². The van der Waals surface area contributed by atoms with Gasteiger partial charge >= 0.3 is 17.7 Å². The molecule has 1 aliphatic rings. The van der Waals surface area contributed by atoms with E-state index in [1.165, 1.54) is 11.7 Å². The Bertz CT molecular complexity index is 1540. The van der Waals surface area contributed by atoms with E-state index in [0.29, 0.717) is 63.4 Å². The van der Waals surface area contributed by atoms with E-state index in [1.807, 2.05) is 36.1 Å². The maximum atomic E-state index is 13.8. The average Bonchev–Trinajstić information content (AvgIpc) is 3.67. The highest BCUT2D eigenvalue weighted by atomic mass is 16.5. The molecule has 248 valence electrons. The number of nitrogens with two attached hydrogens (primary N) is 1. The summed E-state index contributed by atoms with van der Waals surface area (Å²) >= 11 is 0. The first-order valence-corrected chi connectivity index (χ1v) is 15.8. The first-order valence-electron chi connectivity index (χ1n) is 15.8. The molecule has 1 atom stereocenters. The molecule has 4 rings (SSSR count). The van der Waals surface area contributed by atoms with Crippen molar-refractivity contribution >= 4 is 28.9 Å². The Morgan fingerprint density at radius 2 is 1.98 bits per heavy atom. The van der Waals surface area contributed by atoms with Crippen LogP contribution in [0.4, 0.5) is 5.82 Å². The van der Waals surface area contributed by atoms with Gasteiger partial charge in [0.05, 0.1) is 38.9 Å². The third-order valence-electron chi connectivity index (χ3n) is 7.88. The minimum Gasteiger partial charge on any atom is -0.469 e. The quantitative estimate of drug-likeness (QED) is 0.155. The molecule has 0 aliphatic carbocycles. The summed E-state index contributed by atoms with van der Waals surface area (Å²) < 4.78 is 17.7. The van der Waals surface area contributed by atoms with E-state index in [2.05, 4.69) is 21.0 Å². The van der Waals surface area contributed by atoms with Crippen molar-refractivity contribution in [3.63, 3.8) is 0 Å². The molecule has 1 unspecified atom stereocenters. The van der Waals surface area contributed by atoms with Crippen LogP contribution in [0, 0.1) is 11.3 Å². The summed E-state index contributed by atoms with van der Waals surface area (Å²) in [6.07, 6.45) is 4.66. The number of nitrogens with zero attached hydrogens (tertiary/aromatic N) is 6. The van der Waals surface area contributed by atoms with Gasteiger partial charge in [0.1, 0.15) is 5.52 Å². The Kier molecular flexibility index (Phi) is 12.9. The number of fused-ring (bicyclic) bond motifs is 1. The molecule has 0 spiro atoms. The van der Waals surface area contributed by atoms with Crippen molar-refractivity contribution in [2.75, 3.05) is 52.2 Å². The molecule has 1 amide bonds. The summed E-state index contributed by atoms with van der Waals surface area (Å²) in [5.41, 5.74) is 8.12. The minimum absolute atomic E-state index is 0.0429. The van der Waals surface area contributed by atoms with Crippen molar-refractivity contribution in [2.24, 2.45) is 0 Å². The number of nitrogen functional groups attached to an aromatic ring is 1. The standard InChI is InChI=1S/C32H44N8O6/c1-3-4-17-46-31-36-29(34)28-30(37-31)40(32(43)35-28)16-7-15-39(20-24-11-9-23(10-12-24)19-27(42)44-2)26(41)22-38(14-6-13-33)21-25-8-5-18-45-25/h9-12,25H,3-8,14-22H2,1-2H3,(H,35,43)(H2,34,36,37). The molecule has 2 aromatic heterocycles. The van der Waals surface area contributed by atoms with Gasteiger partial charge in [-0.05, 0) is 36.8 Å². The SMILES string of the molecule is CCCCOc1nc(N)c2[nH]c(=O)n(CCCN(Cc3ccc(CC(=O)OC)cc3)C(=O)CN(CCC#N)CC3CCCO3)c2n1. The second-order valence-corrected chi connectivity index (χ2v) is 11.4. The van der Waals surface area contributed by atoms with Crippen molar-refractivity contribution in [1.82, 2.24) is 29.3 Å². The lowest BCUT2D eigenvalue weighted by atomic mass is 10.1. The molecule has 3 heterocycles. The fourth-order valence-electron chi connectivity index (χ4n) is 5.35. The molecule has 14 heteroatoms. The number of benzene rings is 1. The molecular formula is C32H44N8O6. The van der Waals surface area contributed by atoms with Crippen molar-refractivity contribution in [3.05, 3.63) is 45.9 Å². The molecule has 0 radical (unpaired) electrons. The minimum atomic E-state index is -0.375. The number of esters is 1. The zero-order valence-electron chi connectivity index (χ0n) is 26.7. The molecule has 1 saturated heterocycles. The van der Waals surface area contributed by atoms with Crippen molar-refractivity contribution in [3.8, 4) is 12.1 Å². The summed E-state index contributed by atoms with van der Waals surface area (Å²) in [5, 5.41) is 9.21. The summed E-state index contributed by atoms with van der Waals surface area (Å²) in [4.78, 5) is 53.5. The van der Waals surface area contributed by atoms with Gasteiger partial charge in [0.15, 0.2) is 11.5 Å². The Morgan fingerprint density at radius 3 is 2.67 bits per heavy atom. The van der Waals surface area contributed by atoms with Gasteiger partial charge in [-0.3, -0.25) is 19.1 Å². The Morgan fingerprint density at radius 1 is 1.20 bits per heavy atom. The summed E-state index contributed by atoms with van der Waals surface area (Å²) in [7, 11) is 1.35. The smallest absolute Gasteiger partial charge is 0.327 e. The lowest BCUT2D eigenvalue weighted by Gasteiger charge is -2.28. The number of nitrogens with one attached hydrogen (secondary N) is 1. The van der Waals surface area contributed by atoms with Gasteiger partial charge in [0, 0.05) is 45.8 Å². The van der Waals surface area contributed by atoms with E-state index >= 15 is 0 Å². The molecule has 14 nitrogen and oxygen atoms in total. The summed E-state index contributed by atoms with van der Waals surface area (Å²) in [5.74, 6) is -0.296. The van der Waals surface area contributed by atoms with Gasteiger partial charge in [0.25, 0.3) is 0 Å². The van der Waals surface area contributed by atoms with Gasteiger partial charge in [-0.1, -0.05) is 37.6 Å². The molecule has 3 N–H and O–H groups in total. The summed E-state index contributed by atoms with van der Waals surface area (Å²) in [6.45, 7) is 5.34. The first kappa shape index (κ1) is 34.4. The topological polar surface area (TPSA) is 182 Å². The van der Waals surface area contributed by atoms with Crippen LogP contribution in [0.2, 0.25) is 0 Å². The van der Waals surface area contributed by atoms with Crippen LogP contribution >= 0.6 is 0 Å². The number of unbranched alkanes of at least 4 members (excludes halogenated alkanes) is 1. The number of anilines is 1. The highest BCUT2D eigenvalue weighted by molar-refractivity contribution is 5.82. The van der Waals surface area contributed by atoms with Gasteiger partial charge in [0.2, 0.25) is 5.91 Å². The van der Waals surface area contributed by atoms with E-state index in [0.717, 1.165) is 36.8 Å². The lowest BCUT2D eigenvalue weighted by Crippen LogP contribution is -2.43. The highest BCUT2D eigenvalue weighted by Gasteiger charge is 2.23.